The lowest BCUT2D eigenvalue weighted by Gasteiger charge is -2.55. The highest BCUT2D eigenvalue weighted by atomic mass is 32.1. The van der Waals surface area contributed by atoms with Crippen LogP contribution in [0.2, 0.25) is 0 Å². The summed E-state index contributed by atoms with van der Waals surface area (Å²) in [5.74, 6) is 2.13. The van der Waals surface area contributed by atoms with Gasteiger partial charge in [0.2, 0.25) is 5.91 Å². The summed E-state index contributed by atoms with van der Waals surface area (Å²) in [7, 11) is 0. The average molecular weight is 428 g/mol. The van der Waals surface area contributed by atoms with Crippen LogP contribution in [0.25, 0.3) is 0 Å². The molecule has 4 bridgehead atoms. The number of nitrogens with zero attached hydrogens (tertiary/aromatic N) is 1. The fourth-order valence-corrected chi connectivity index (χ4v) is 6.70. The third kappa shape index (κ3) is 3.73. The van der Waals surface area contributed by atoms with Gasteiger partial charge in [0.1, 0.15) is 0 Å². The number of carbonyl (C=O) groups is 2. The summed E-state index contributed by atoms with van der Waals surface area (Å²) in [5, 5.41) is 6.36. The van der Waals surface area contributed by atoms with Gasteiger partial charge in [0, 0.05) is 13.1 Å². The van der Waals surface area contributed by atoms with Crippen molar-refractivity contribution in [1.82, 2.24) is 10.2 Å². The molecule has 6 nitrogen and oxygen atoms in total. The second kappa shape index (κ2) is 7.93. The molecular weight excluding hydrogens is 398 g/mol. The van der Waals surface area contributed by atoms with Gasteiger partial charge in [-0.3, -0.25) is 9.59 Å². The summed E-state index contributed by atoms with van der Waals surface area (Å²) in [6.45, 7) is 2.28. The molecule has 2 amide bonds. The highest BCUT2D eigenvalue weighted by Crippen LogP contribution is 2.60. The highest BCUT2D eigenvalue weighted by Gasteiger charge is 2.54. The Labute approximate surface area is 182 Å². The normalized spacial score (nSPS) is 32.0. The SMILES string of the molecule is O=C(c1ccccc1NC(=S)NC(=O)C12CC3CC(CC(C3)C1)C2)N1CCOCC1. The molecule has 1 heterocycles. The van der Waals surface area contributed by atoms with Gasteiger partial charge in [0.15, 0.2) is 5.11 Å². The van der Waals surface area contributed by atoms with Gasteiger partial charge < -0.3 is 20.3 Å². The van der Waals surface area contributed by atoms with Crippen LogP contribution >= 0.6 is 12.2 Å². The molecule has 0 spiro atoms. The molecule has 30 heavy (non-hydrogen) atoms. The molecule has 6 rings (SSSR count). The number of para-hydroxylation sites is 1. The van der Waals surface area contributed by atoms with Gasteiger partial charge >= 0.3 is 0 Å². The number of benzene rings is 1. The van der Waals surface area contributed by atoms with Crippen LogP contribution in [-0.4, -0.2) is 48.1 Å². The van der Waals surface area contributed by atoms with E-state index >= 15 is 0 Å². The number of anilines is 1. The maximum Gasteiger partial charge on any atom is 0.256 e. The van der Waals surface area contributed by atoms with E-state index in [0.29, 0.717) is 55.3 Å². The summed E-state index contributed by atoms with van der Waals surface area (Å²) >= 11 is 5.48. The average Bonchev–Trinajstić information content (AvgIpc) is 2.73. The van der Waals surface area contributed by atoms with E-state index < -0.39 is 0 Å². The Hall–Kier alpha value is -1.99. The summed E-state index contributed by atoms with van der Waals surface area (Å²) in [5.41, 5.74) is 0.944. The number of nitrogens with one attached hydrogen (secondary N) is 2. The number of hydrogen-bond donors (Lipinski definition) is 2. The third-order valence-corrected chi connectivity index (χ3v) is 7.66. The fourth-order valence-electron chi connectivity index (χ4n) is 6.49. The van der Waals surface area contributed by atoms with Gasteiger partial charge in [-0.25, -0.2) is 0 Å². The molecular formula is C23H29N3O3S. The Morgan fingerprint density at radius 3 is 2.23 bits per heavy atom. The topological polar surface area (TPSA) is 70.7 Å². The number of morpholine rings is 1. The van der Waals surface area contributed by atoms with Crippen molar-refractivity contribution in [2.24, 2.45) is 23.2 Å². The van der Waals surface area contributed by atoms with E-state index in [0.717, 1.165) is 19.3 Å². The Morgan fingerprint density at radius 1 is 1.00 bits per heavy atom. The molecule has 0 unspecified atom stereocenters. The van der Waals surface area contributed by atoms with E-state index in [9.17, 15) is 9.59 Å². The van der Waals surface area contributed by atoms with Crippen LogP contribution in [0.5, 0.6) is 0 Å². The third-order valence-electron chi connectivity index (χ3n) is 7.45. The minimum Gasteiger partial charge on any atom is -0.378 e. The first kappa shape index (κ1) is 19.9. The second-order valence-electron chi connectivity index (χ2n) is 9.56. The molecule has 0 aromatic heterocycles. The number of rotatable bonds is 3. The lowest BCUT2D eigenvalue weighted by Crippen LogP contribution is -2.55. The maximum atomic E-state index is 13.2. The molecule has 1 saturated heterocycles. The standard InChI is InChI=1S/C23H29N3O3S/c27-20(26-5-7-29-8-6-26)18-3-1-2-4-19(18)24-22(30)25-21(28)23-12-15-9-16(13-23)11-17(10-15)14-23/h1-4,15-17H,5-14H2,(H2,24,25,28,30). The van der Waals surface area contributed by atoms with E-state index in [4.69, 9.17) is 17.0 Å². The second-order valence-corrected chi connectivity index (χ2v) is 9.96. The Morgan fingerprint density at radius 2 is 1.60 bits per heavy atom. The smallest absolute Gasteiger partial charge is 0.256 e. The summed E-state index contributed by atoms with van der Waals surface area (Å²) in [6, 6.07) is 7.33. The van der Waals surface area contributed by atoms with Crippen LogP contribution in [0.15, 0.2) is 24.3 Å². The van der Waals surface area contributed by atoms with Gasteiger partial charge in [0.25, 0.3) is 5.91 Å². The van der Waals surface area contributed by atoms with Crippen molar-refractivity contribution < 1.29 is 14.3 Å². The molecule has 4 saturated carbocycles. The molecule has 5 aliphatic rings. The molecule has 7 heteroatoms. The molecule has 0 atom stereocenters. The van der Waals surface area contributed by atoms with Crippen LogP contribution in [0.4, 0.5) is 5.69 Å². The highest BCUT2D eigenvalue weighted by molar-refractivity contribution is 7.80. The number of carbonyl (C=O) groups excluding carboxylic acids is 2. The van der Waals surface area contributed by atoms with Gasteiger partial charge in [-0.2, -0.15) is 0 Å². The molecule has 1 aromatic carbocycles. The molecule has 4 aliphatic carbocycles. The largest absolute Gasteiger partial charge is 0.378 e. The quantitative estimate of drug-likeness (QED) is 0.725. The minimum absolute atomic E-state index is 0.0448. The Balaban J connectivity index is 1.26. The summed E-state index contributed by atoms with van der Waals surface area (Å²) in [6.07, 6.45) is 6.89. The first-order valence-electron chi connectivity index (χ1n) is 11.1. The molecule has 1 aliphatic heterocycles. The summed E-state index contributed by atoms with van der Waals surface area (Å²) in [4.78, 5) is 28.0. The van der Waals surface area contributed by atoms with Crippen LogP contribution in [0.3, 0.4) is 0 Å². The number of hydrogen-bond acceptors (Lipinski definition) is 4. The lowest BCUT2D eigenvalue weighted by atomic mass is 9.49. The zero-order valence-electron chi connectivity index (χ0n) is 17.2. The zero-order chi connectivity index (χ0) is 20.7. The molecule has 2 N–H and O–H groups in total. The van der Waals surface area contributed by atoms with E-state index in [1.807, 2.05) is 18.2 Å². The van der Waals surface area contributed by atoms with E-state index in [1.165, 1.54) is 19.3 Å². The van der Waals surface area contributed by atoms with Crippen LogP contribution in [0, 0.1) is 23.2 Å². The number of ether oxygens (including phenoxy) is 1. The van der Waals surface area contributed by atoms with Crippen molar-refractivity contribution in [1.29, 1.82) is 0 Å². The van der Waals surface area contributed by atoms with E-state index in [-0.39, 0.29) is 22.3 Å². The van der Waals surface area contributed by atoms with E-state index in [1.54, 1.807) is 11.0 Å². The molecule has 5 fully saturated rings. The van der Waals surface area contributed by atoms with Crippen LogP contribution < -0.4 is 10.6 Å². The van der Waals surface area contributed by atoms with E-state index in [2.05, 4.69) is 10.6 Å². The van der Waals surface area contributed by atoms with Crippen molar-refractivity contribution in [3.8, 4) is 0 Å². The van der Waals surface area contributed by atoms with Crippen molar-refractivity contribution in [2.75, 3.05) is 31.6 Å². The monoisotopic (exact) mass is 427 g/mol. The lowest BCUT2D eigenvalue weighted by molar-refractivity contribution is -0.144. The number of amides is 2. The summed E-state index contributed by atoms with van der Waals surface area (Å²) < 4.78 is 5.35. The van der Waals surface area contributed by atoms with Crippen molar-refractivity contribution in [3.05, 3.63) is 29.8 Å². The zero-order valence-corrected chi connectivity index (χ0v) is 18.0. The Bertz CT molecular complexity index is 830. The van der Waals surface area contributed by atoms with Gasteiger partial charge in [-0.15, -0.1) is 0 Å². The molecule has 0 radical (unpaired) electrons. The van der Waals surface area contributed by atoms with Gasteiger partial charge in [0.05, 0.1) is 29.9 Å². The first-order valence-corrected chi connectivity index (χ1v) is 11.5. The molecule has 1 aromatic rings. The maximum absolute atomic E-state index is 13.2. The van der Waals surface area contributed by atoms with Crippen molar-refractivity contribution >= 4 is 34.8 Å². The minimum atomic E-state index is -0.246. The predicted molar refractivity (Wildman–Crippen MR) is 118 cm³/mol. The van der Waals surface area contributed by atoms with Crippen LogP contribution in [0.1, 0.15) is 48.9 Å². The fraction of sp³-hybridized carbons (Fsp3) is 0.609. The predicted octanol–water partition coefficient (Wildman–Crippen LogP) is 3.19. The molecule has 160 valence electrons. The van der Waals surface area contributed by atoms with Crippen molar-refractivity contribution in [3.63, 3.8) is 0 Å². The first-order chi connectivity index (χ1) is 14.5. The van der Waals surface area contributed by atoms with Crippen LogP contribution in [-0.2, 0) is 9.53 Å². The van der Waals surface area contributed by atoms with Gasteiger partial charge in [-0.1, -0.05) is 12.1 Å². The Kier molecular flexibility index (Phi) is 5.27. The van der Waals surface area contributed by atoms with Crippen molar-refractivity contribution in [2.45, 2.75) is 38.5 Å². The van der Waals surface area contributed by atoms with Gasteiger partial charge in [-0.05, 0) is 80.6 Å². The number of thiocarbonyl (C=S) groups is 1.